The first-order chi connectivity index (χ1) is 9.97. The zero-order valence-corrected chi connectivity index (χ0v) is 11.3. The molecule has 2 rings (SSSR count). The third-order valence-corrected chi connectivity index (χ3v) is 3.50. The topological polar surface area (TPSA) is 78.4 Å². The van der Waals surface area contributed by atoms with Crippen LogP contribution in [0.4, 0.5) is 14.5 Å². The number of benzene rings is 1. The molecule has 0 radical (unpaired) electrons. The van der Waals surface area contributed by atoms with Crippen molar-refractivity contribution in [3.63, 3.8) is 0 Å². The highest BCUT2D eigenvalue weighted by molar-refractivity contribution is 6.00. The molecule has 0 spiro atoms. The fraction of sp³-hybridized carbons (Fsp3) is 0.429. The van der Waals surface area contributed by atoms with Gasteiger partial charge in [0.2, 0.25) is 5.91 Å². The van der Waals surface area contributed by atoms with Gasteiger partial charge in [-0.2, -0.15) is 0 Å². The Morgan fingerprint density at radius 3 is 2.48 bits per heavy atom. The Hall–Kier alpha value is -2.02. The molecular formula is C14H16F2N2O3. The lowest BCUT2D eigenvalue weighted by atomic mass is 9.94. The van der Waals surface area contributed by atoms with Crippen molar-refractivity contribution in [1.29, 1.82) is 0 Å². The molecule has 5 nitrogen and oxygen atoms in total. The minimum absolute atomic E-state index is 0.213. The molecule has 0 atom stereocenters. The molecule has 114 valence electrons. The molecule has 0 unspecified atom stereocenters. The summed E-state index contributed by atoms with van der Waals surface area (Å²) < 4.78 is 26.3. The van der Waals surface area contributed by atoms with Crippen molar-refractivity contribution in [2.45, 2.75) is 19.3 Å². The molecule has 1 aromatic carbocycles. The first-order valence-electron chi connectivity index (χ1n) is 6.70. The molecule has 7 heteroatoms. The van der Waals surface area contributed by atoms with E-state index in [0.717, 1.165) is 25.9 Å². The number of carboxylic acid groups (broad SMARTS) is 1. The Labute approximate surface area is 120 Å². The van der Waals surface area contributed by atoms with Gasteiger partial charge in [0.25, 0.3) is 0 Å². The number of carboxylic acids is 1. The monoisotopic (exact) mass is 298 g/mol. The van der Waals surface area contributed by atoms with E-state index in [1.165, 1.54) is 0 Å². The van der Waals surface area contributed by atoms with Crippen LogP contribution in [-0.4, -0.2) is 30.1 Å². The molecule has 0 bridgehead atoms. The molecule has 0 saturated carbocycles. The van der Waals surface area contributed by atoms with Gasteiger partial charge in [-0.05, 0) is 37.9 Å². The minimum Gasteiger partial charge on any atom is -0.478 e. The van der Waals surface area contributed by atoms with Crippen LogP contribution in [0.3, 0.4) is 0 Å². The summed E-state index contributed by atoms with van der Waals surface area (Å²) in [6.45, 7) is 1.67. The average Bonchev–Trinajstić information content (AvgIpc) is 2.43. The number of rotatable bonds is 4. The van der Waals surface area contributed by atoms with Crippen molar-refractivity contribution in [1.82, 2.24) is 5.32 Å². The van der Waals surface area contributed by atoms with Crippen molar-refractivity contribution >= 4 is 17.6 Å². The van der Waals surface area contributed by atoms with Gasteiger partial charge in [0.15, 0.2) is 11.6 Å². The van der Waals surface area contributed by atoms with Gasteiger partial charge in [-0.1, -0.05) is 0 Å². The number of nitrogens with one attached hydrogen (secondary N) is 2. The minimum atomic E-state index is -1.42. The number of hydrogen-bond acceptors (Lipinski definition) is 3. The van der Waals surface area contributed by atoms with Gasteiger partial charge >= 0.3 is 5.97 Å². The Balaban J connectivity index is 2.09. The van der Waals surface area contributed by atoms with E-state index in [1.807, 2.05) is 0 Å². The van der Waals surface area contributed by atoms with E-state index in [2.05, 4.69) is 10.6 Å². The van der Waals surface area contributed by atoms with Crippen LogP contribution >= 0.6 is 0 Å². The standard InChI is InChI=1S/C14H16F2N2O3/c15-10-6-9(14(20)21)12(7-11(10)16)18-13(19)5-8-1-3-17-4-2-8/h6-8,17H,1-5H2,(H,18,19)(H,20,21). The third-order valence-electron chi connectivity index (χ3n) is 3.50. The molecule has 21 heavy (non-hydrogen) atoms. The zero-order valence-electron chi connectivity index (χ0n) is 11.3. The summed E-state index contributed by atoms with van der Waals surface area (Å²) in [5, 5.41) is 14.5. The van der Waals surface area contributed by atoms with E-state index in [0.29, 0.717) is 12.1 Å². The van der Waals surface area contributed by atoms with Crippen LogP contribution < -0.4 is 10.6 Å². The Morgan fingerprint density at radius 2 is 1.86 bits per heavy atom. The number of piperidine rings is 1. The lowest BCUT2D eigenvalue weighted by molar-refractivity contribution is -0.117. The Kier molecular flexibility index (Phi) is 4.85. The highest BCUT2D eigenvalue weighted by Gasteiger charge is 2.20. The lowest BCUT2D eigenvalue weighted by Gasteiger charge is -2.22. The van der Waals surface area contributed by atoms with E-state index in [1.54, 1.807) is 0 Å². The van der Waals surface area contributed by atoms with Gasteiger partial charge in [-0.15, -0.1) is 0 Å². The van der Waals surface area contributed by atoms with Gasteiger partial charge in [-0.25, -0.2) is 13.6 Å². The summed E-state index contributed by atoms with van der Waals surface area (Å²) in [6, 6.07) is 1.26. The highest BCUT2D eigenvalue weighted by atomic mass is 19.2. The van der Waals surface area contributed by atoms with E-state index in [4.69, 9.17) is 5.11 Å². The van der Waals surface area contributed by atoms with E-state index in [9.17, 15) is 18.4 Å². The van der Waals surface area contributed by atoms with Crippen molar-refractivity contribution in [3.8, 4) is 0 Å². The summed E-state index contributed by atoms with van der Waals surface area (Å²) in [5.74, 6) is -4.06. The fourth-order valence-electron chi connectivity index (χ4n) is 2.38. The van der Waals surface area contributed by atoms with Crippen LogP contribution in [0.15, 0.2) is 12.1 Å². The zero-order chi connectivity index (χ0) is 15.4. The molecule has 1 fully saturated rings. The average molecular weight is 298 g/mol. The van der Waals surface area contributed by atoms with E-state index >= 15 is 0 Å². The molecule has 3 N–H and O–H groups in total. The highest BCUT2D eigenvalue weighted by Crippen LogP contribution is 2.22. The van der Waals surface area contributed by atoms with Crippen LogP contribution in [0.1, 0.15) is 29.6 Å². The van der Waals surface area contributed by atoms with Gasteiger partial charge in [0, 0.05) is 12.5 Å². The normalized spacial score (nSPS) is 15.7. The smallest absolute Gasteiger partial charge is 0.337 e. The second-order valence-corrected chi connectivity index (χ2v) is 5.06. The van der Waals surface area contributed by atoms with Crippen molar-refractivity contribution in [2.75, 3.05) is 18.4 Å². The van der Waals surface area contributed by atoms with Crippen molar-refractivity contribution in [2.24, 2.45) is 5.92 Å². The van der Waals surface area contributed by atoms with Crippen LogP contribution in [0.25, 0.3) is 0 Å². The summed E-state index contributed by atoms with van der Waals surface area (Å²) in [5.41, 5.74) is -0.687. The van der Waals surface area contributed by atoms with Gasteiger partial charge in [-0.3, -0.25) is 4.79 Å². The molecule has 1 aliphatic rings. The molecule has 0 aromatic heterocycles. The molecule has 1 aromatic rings. The maximum atomic E-state index is 13.2. The number of anilines is 1. The van der Waals surface area contributed by atoms with Crippen LogP contribution in [0.2, 0.25) is 0 Å². The predicted octanol–water partition coefficient (Wildman–Crippen LogP) is 1.99. The number of hydrogen-bond donors (Lipinski definition) is 3. The SMILES string of the molecule is O=C(CC1CCNCC1)Nc1cc(F)c(F)cc1C(=O)O. The predicted molar refractivity (Wildman–Crippen MR) is 72.2 cm³/mol. The molecule has 0 aliphatic carbocycles. The fourth-order valence-corrected chi connectivity index (χ4v) is 2.38. The maximum Gasteiger partial charge on any atom is 0.337 e. The third kappa shape index (κ3) is 3.98. The van der Waals surface area contributed by atoms with Gasteiger partial charge in [0.1, 0.15) is 0 Å². The summed E-state index contributed by atoms with van der Waals surface area (Å²) in [7, 11) is 0. The summed E-state index contributed by atoms with van der Waals surface area (Å²) in [6.07, 6.45) is 1.95. The summed E-state index contributed by atoms with van der Waals surface area (Å²) in [4.78, 5) is 22.9. The Morgan fingerprint density at radius 1 is 1.24 bits per heavy atom. The number of amides is 1. The maximum absolute atomic E-state index is 13.2. The van der Waals surface area contributed by atoms with Gasteiger partial charge in [0.05, 0.1) is 11.3 Å². The largest absolute Gasteiger partial charge is 0.478 e. The second-order valence-electron chi connectivity index (χ2n) is 5.06. The van der Waals surface area contributed by atoms with E-state index < -0.39 is 29.1 Å². The molecule has 1 saturated heterocycles. The molecule has 1 amide bonds. The lowest BCUT2D eigenvalue weighted by Crippen LogP contribution is -2.30. The van der Waals surface area contributed by atoms with Crippen LogP contribution in [0, 0.1) is 17.6 Å². The van der Waals surface area contributed by atoms with E-state index in [-0.39, 0.29) is 18.0 Å². The number of halogens is 2. The Bertz CT molecular complexity index is 557. The quantitative estimate of drug-likeness (QED) is 0.794. The van der Waals surface area contributed by atoms with Gasteiger partial charge < -0.3 is 15.7 Å². The molecule has 1 aliphatic heterocycles. The van der Waals surface area contributed by atoms with Crippen molar-refractivity contribution < 1.29 is 23.5 Å². The second kappa shape index (κ2) is 6.62. The number of carbonyl (C=O) groups is 2. The summed E-state index contributed by atoms with van der Waals surface area (Å²) >= 11 is 0. The molecular weight excluding hydrogens is 282 g/mol. The van der Waals surface area contributed by atoms with Crippen LogP contribution in [-0.2, 0) is 4.79 Å². The van der Waals surface area contributed by atoms with Crippen LogP contribution in [0.5, 0.6) is 0 Å². The number of aromatic carboxylic acids is 1. The van der Waals surface area contributed by atoms with Crippen molar-refractivity contribution in [3.05, 3.63) is 29.3 Å². The first-order valence-corrected chi connectivity index (χ1v) is 6.70. The molecule has 1 heterocycles. The first kappa shape index (κ1) is 15.4. The number of carbonyl (C=O) groups excluding carboxylic acids is 1.